The Morgan fingerprint density at radius 2 is 1.96 bits per heavy atom. The Bertz CT molecular complexity index is 601. The van der Waals surface area contributed by atoms with Gasteiger partial charge in [0.1, 0.15) is 0 Å². The summed E-state index contributed by atoms with van der Waals surface area (Å²) < 4.78 is 10.7. The van der Waals surface area contributed by atoms with E-state index in [4.69, 9.17) is 14.6 Å². The lowest BCUT2D eigenvalue weighted by molar-refractivity contribution is -0.139. The van der Waals surface area contributed by atoms with Crippen molar-refractivity contribution in [2.45, 2.75) is 39.5 Å². The number of hydrogen-bond donors (Lipinski definition) is 1. The smallest absolute Gasteiger partial charge is 0.341 e. The molecule has 138 valence electrons. The van der Waals surface area contributed by atoms with Crippen molar-refractivity contribution < 1.29 is 24.2 Å². The molecule has 6 nitrogen and oxygen atoms in total. The molecule has 1 atom stereocenters. The fourth-order valence-electron chi connectivity index (χ4n) is 3.13. The highest BCUT2D eigenvalue weighted by atomic mass is 16.5. The number of nitrogens with zero attached hydrogens (tertiary/aromatic N) is 1. The number of likely N-dealkylation sites (tertiary alicyclic amines) is 1. The van der Waals surface area contributed by atoms with Crippen molar-refractivity contribution in [3.63, 3.8) is 0 Å². The molecule has 1 unspecified atom stereocenters. The van der Waals surface area contributed by atoms with Gasteiger partial charge in [-0.3, -0.25) is 4.79 Å². The Hall–Kier alpha value is -2.24. The fraction of sp³-hybridized carbons (Fsp3) is 0.579. The predicted molar refractivity (Wildman–Crippen MR) is 94.3 cm³/mol. The predicted octanol–water partition coefficient (Wildman–Crippen LogP) is 3.20. The van der Waals surface area contributed by atoms with Crippen molar-refractivity contribution in [3.05, 3.63) is 23.8 Å². The number of carboxylic acid groups (broad SMARTS) is 1. The number of aliphatic carboxylic acids is 1. The minimum absolute atomic E-state index is 0.0116. The lowest BCUT2D eigenvalue weighted by Gasteiger charge is -2.21. The minimum Gasteiger partial charge on any atom is -0.490 e. The first kappa shape index (κ1) is 19.1. The zero-order chi connectivity index (χ0) is 18.2. The Balaban J connectivity index is 2.13. The number of hydrogen-bond acceptors (Lipinski definition) is 4. The van der Waals surface area contributed by atoms with Crippen molar-refractivity contribution in [1.82, 2.24) is 4.90 Å². The van der Waals surface area contributed by atoms with Crippen molar-refractivity contribution >= 4 is 11.9 Å². The molecule has 0 radical (unpaired) electrons. The van der Waals surface area contributed by atoms with E-state index >= 15 is 0 Å². The van der Waals surface area contributed by atoms with E-state index in [1.807, 2.05) is 11.8 Å². The van der Waals surface area contributed by atoms with E-state index in [2.05, 4.69) is 6.92 Å². The quantitative estimate of drug-likeness (QED) is 0.818. The van der Waals surface area contributed by atoms with Crippen molar-refractivity contribution in [2.24, 2.45) is 5.92 Å². The van der Waals surface area contributed by atoms with Crippen LogP contribution >= 0.6 is 0 Å². The lowest BCUT2D eigenvalue weighted by Crippen LogP contribution is -2.32. The standard InChI is InChI=1S/C19H27NO5/c1-3-14-6-5-10-20(11-9-14)19(23)15-7-8-16(25-13-18(21)22)17(12-15)24-4-2/h7-8,12,14H,3-6,9-11,13H2,1-2H3,(H,21,22). The summed E-state index contributed by atoms with van der Waals surface area (Å²) in [5.41, 5.74) is 0.543. The molecule has 0 spiro atoms. The van der Waals surface area contributed by atoms with E-state index in [0.717, 1.165) is 32.4 Å². The van der Waals surface area contributed by atoms with Crippen LogP contribution in [0.25, 0.3) is 0 Å². The zero-order valence-electron chi connectivity index (χ0n) is 15.0. The van der Waals surface area contributed by atoms with Gasteiger partial charge in [-0.1, -0.05) is 13.3 Å². The molecule has 1 N–H and O–H groups in total. The van der Waals surface area contributed by atoms with Gasteiger partial charge in [-0.2, -0.15) is 0 Å². The average Bonchev–Trinajstić information content (AvgIpc) is 2.85. The van der Waals surface area contributed by atoms with E-state index in [0.29, 0.717) is 29.6 Å². The number of carboxylic acids is 1. The van der Waals surface area contributed by atoms with Gasteiger partial charge in [0.05, 0.1) is 6.61 Å². The van der Waals surface area contributed by atoms with Crippen LogP contribution in [0.5, 0.6) is 11.5 Å². The summed E-state index contributed by atoms with van der Waals surface area (Å²) in [7, 11) is 0. The van der Waals surface area contributed by atoms with Crippen molar-refractivity contribution in [1.29, 1.82) is 0 Å². The minimum atomic E-state index is -1.06. The molecule has 1 aromatic carbocycles. The van der Waals surface area contributed by atoms with E-state index < -0.39 is 12.6 Å². The molecule has 0 saturated carbocycles. The SMILES string of the molecule is CCOc1cc(C(=O)N2CCCC(CC)CC2)ccc1OCC(=O)O. The fourth-order valence-corrected chi connectivity index (χ4v) is 3.13. The van der Waals surface area contributed by atoms with Crippen LogP contribution in [0.3, 0.4) is 0 Å². The van der Waals surface area contributed by atoms with E-state index in [1.54, 1.807) is 18.2 Å². The molecular formula is C19H27NO5. The number of rotatable bonds is 7. The molecule has 0 aromatic heterocycles. The first-order chi connectivity index (χ1) is 12.0. The van der Waals surface area contributed by atoms with Crippen LogP contribution < -0.4 is 9.47 Å². The molecule has 0 aliphatic carbocycles. The summed E-state index contributed by atoms with van der Waals surface area (Å²) in [6.45, 7) is 5.54. The average molecular weight is 349 g/mol. The van der Waals surface area contributed by atoms with E-state index in [9.17, 15) is 9.59 Å². The Kier molecular flexibility index (Phi) is 7.10. The van der Waals surface area contributed by atoms with Gasteiger partial charge in [-0.25, -0.2) is 4.79 Å². The number of ether oxygens (including phenoxy) is 2. The zero-order valence-corrected chi connectivity index (χ0v) is 15.0. The van der Waals surface area contributed by atoms with Gasteiger partial charge < -0.3 is 19.5 Å². The van der Waals surface area contributed by atoms with Gasteiger partial charge in [0.25, 0.3) is 5.91 Å². The third-order valence-electron chi connectivity index (χ3n) is 4.55. The summed E-state index contributed by atoms with van der Waals surface area (Å²) in [6, 6.07) is 4.92. The molecule has 1 amide bonds. The van der Waals surface area contributed by atoms with Crippen LogP contribution in [-0.2, 0) is 4.79 Å². The first-order valence-corrected chi connectivity index (χ1v) is 8.95. The monoisotopic (exact) mass is 349 g/mol. The molecular weight excluding hydrogens is 322 g/mol. The van der Waals surface area contributed by atoms with Crippen LogP contribution in [0, 0.1) is 5.92 Å². The summed E-state index contributed by atoms with van der Waals surface area (Å²) in [5.74, 6) is 0.363. The number of benzene rings is 1. The maximum Gasteiger partial charge on any atom is 0.341 e. The first-order valence-electron chi connectivity index (χ1n) is 8.95. The normalized spacial score (nSPS) is 17.7. The second kappa shape index (κ2) is 9.30. The third kappa shape index (κ3) is 5.37. The maximum atomic E-state index is 12.8. The lowest BCUT2D eigenvalue weighted by atomic mass is 9.98. The summed E-state index contributed by atoms with van der Waals surface area (Å²) in [5, 5.41) is 8.75. The summed E-state index contributed by atoms with van der Waals surface area (Å²) in [4.78, 5) is 25.4. The highest BCUT2D eigenvalue weighted by Gasteiger charge is 2.22. The Morgan fingerprint density at radius 1 is 1.16 bits per heavy atom. The van der Waals surface area contributed by atoms with Gasteiger partial charge >= 0.3 is 5.97 Å². The summed E-state index contributed by atoms with van der Waals surface area (Å²) >= 11 is 0. The Labute approximate surface area is 148 Å². The van der Waals surface area contributed by atoms with Crippen molar-refractivity contribution in [2.75, 3.05) is 26.3 Å². The van der Waals surface area contributed by atoms with Gasteiger partial charge in [0, 0.05) is 18.7 Å². The molecule has 1 aromatic rings. The van der Waals surface area contributed by atoms with Crippen LogP contribution in [0.4, 0.5) is 0 Å². The highest BCUT2D eigenvalue weighted by Crippen LogP contribution is 2.30. The maximum absolute atomic E-state index is 12.8. The van der Waals surface area contributed by atoms with E-state index in [-0.39, 0.29) is 5.91 Å². The van der Waals surface area contributed by atoms with E-state index in [1.165, 1.54) is 6.42 Å². The number of amides is 1. The van der Waals surface area contributed by atoms with Gasteiger partial charge in [-0.15, -0.1) is 0 Å². The van der Waals surface area contributed by atoms with Gasteiger partial charge in [0.15, 0.2) is 18.1 Å². The molecule has 1 fully saturated rings. The molecule has 1 saturated heterocycles. The number of carbonyl (C=O) groups excluding carboxylic acids is 1. The largest absolute Gasteiger partial charge is 0.490 e. The molecule has 2 rings (SSSR count). The summed E-state index contributed by atoms with van der Waals surface area (Å²) in [6.07, 6.45) is 4.40. The molecule has 0 bridgehead atoms. The highest BCUT2D eigenvalue weighted by molar-refractivity contribution is 5.95. The second-order valence-electron chi connectivity index (χ2n) is 6.27. The molecule has 1 heterocycles. The van der Waals surface area contributed by atoms with Crippen LogP contribution in [-0.4, -0.2) is 48.2 Å². The van der Waals surface area contributed by atoms with Crippen molar-refractivity contribution in [3.8, 4) is 11.5 Å². The third-order valence-corrected chi connectivity index (χ3v) is 4.55. The molecule has 6 heteroatoms. The van der Waals surface area contributed by atoms with Crippen LogP contribution in [0.15, 0.2) is 18.2 Å². The van der Waals surface area contributed by atoms with Gasteiger partial charge in [-0.05, 0) is 50.3 Å². The molecule has 1 aliphatic rings. The molecule has 25 heavy (non-hydrogen) atoms. The number of carbonyl (C=O) groups is 2. The topological polar surface area (TPSA) is 76.1 Å². The van der Waals surface area contributed by atoms with Gasteiger partial charge in [0.2, 0.25) is 0 Å². The Morgan fingerprint density at radius 3 is 2.64 bits per heavy atom. The van der Waals surface area contributed by atoms with Crippen LogP contribution in [0.1, 0.15) is 49.9 Å². The van der Waals surface area contributed by atoms with Crippen LogP contribution in [0.2, 0.25) is 0 Å². The second-order valence-corrected chi connectivity index (χ2v) is 6.27. The molecule has 1 aliphatic heterocycles.